The highest BCUT2D eigenvalue weighted by molar-refractivity contribution is 5.81. The number of rotatable bonds is 3. The van der Waals surface area contributed by atoms with Gasteiger partial charge < -0.3 is 10.6 Å². The summed E-state index contributed by atoms with van der Waals surface area (Å²) in [7, 11) is 0. The molecule has 0 radical (unpaired) electrons. The number of carbonyl (C=O) groups excluding carboxylic acids is 2. The van der Waals surface area contributed by atoms with E-state index in [2.05, 4.69) is 4.90 Å². The van der Waals surface area contributed by atoms with Gasteiger partial charge in [-0.05, 0) is 45.7 Å². The van der Waals surface area contributed by atoms with Crippen molar-refractivity contribution >= 4 is 11.8 Å². The Morgan fingerprint density at radius 2 is 1.55 bits per heavy atom. The van der Waals surface area contributed by atoms with Crippen molar-refractivity contribution in [1.29, 1.82) is 0 Å². The Labute approximate surface area is 121 Å². The molecule has 0 aromatic heterocycles. The van der Waals surface area contributed by atoms with E-state index in [4.69, 9.17) is 5.73 Å². The minimum atomic E-state index is -0.198. The third kappa shape index (κ3) is 3.72. The van der Waals surface area contributed by atoms with Crippen LogP contribution in [0, 0.1) is 5.92 Å². The predicted molar refractivity (Wildman–Crippen MR) is 78.0 cm³/mol. The molecule has 0 spiro atoms. The Hall–Kier alpha value is -1.10. The summed E-state index contributed by atoms with van der Waals surface area (Å²) in [5.41, 5.74) is 5.35. The third-order valence-corrected chi connectivity index (χ3v) is 4.75. The summed E-state index contributed by atoms with van der Waals surface area (Å²) in [6.07, 6.45) is 6.30. The number of likely N-dealkylation sites (tertiary alicyclic amines) is 2. The van der Waals surface area contributed by atoms with E-state index in [0.29, 0.717) is 0 Å². The minimum absolute atomic E-state index is 0.00765. The molecule has 0 aromatic carbocycles. The van der Waals surface area contributed by atoms with Crippen molar-refractivity contribution in [3.8, 4) is 0 Å². The highest BCUT2D eigenvalue weighted by Crippen LogP contribution is 2.20. The summed E-state index contributed by atoms with van der Waals surface area (Å²) in [6.45, 7) is 5.41. The molecule has 20 heavy (non-hydrogen) atoms. The van der Waals surface area contributed by atoms with Crippen molar-refractivity contribution in [3.63, 3.8) is 0 Å². The number of nitrogens with two attached hydrogens (primary N) is 1. The first-order valence-electron chi connectivity index (χ1n) is 7.91. The Balaban J connectivity index is 1.85. The van der Waals surface area contributed by atoms with E-state index in [-0.39, 0.29) is 23.8 Å². The van der Waals surface area contributed by atoms with Gasteiger partial charge in [-0.1, -0.05) is 12.8 Å². The molecular weight excluding hydrogens is 254 g/mol. The van der Waals surface area contributed by atoms with Gasteiger partial charge in [0.15, 0.2) is 0 Å². The second-order valence-electron chi connectivity index (χ2n) is 6.13. The van der Waals surface area contributed by atoms with Crippen LogP contribution in [-0.4, -0.2) is 53.8 Å². The molecule has 2 aliphatic rings. The quantitative estimate of drug-likeness (QED) is 0.838. The number of amides is 2. The van der Waals surface area contributed by atoms with Gasteiger partial charge in [0.05, 0.1) is 6.04 Å². The summed E-state index contributed by atoms with van der Waals surface area (Å²) in [5, 5.41) is 0. The number of hydrogen-bond donors (Lipinski definition) is 1. The predicted octanol–water partition coefficient (Wildman–Crippen LogP) is 0.975. The molecule has 2 heterocycles. The SMILES string of the molecule is C[C@H](C(=O)N1CCCCCC1)N1CCC(C(N)=O)CC1. The van der Waals surface area contributed by atoms with E-state index in [9.17, 15) is 9.59 Å². The van der Waals surface area contributed by atoms with Gasteiger partial charge in [0, 0.05) is 19.0 Å². The van der Waals surface area contributed by atoms with Gasteiger partial charge >= 0.3 is 0 Å². The van der Waals surface area contributed by atoms with Crippen LogP contribution in [0.15, 0.2) is 0 Å². The fraction of sp³-hybridized carbons (Fsp3) is 0.867. The van der Waals surface area contributed by atoms with Crippen LogP contribution in [0.25, 0.3) is 0 Å². The van der Waals surface area contributed by atoms with Crippen molar-refractivity contribution in [3.05, 3.63) is 0 Å². The molecule has 114 valence electrons. The van der Waals surface area contributed by atoms with Gasteiger partial charge in [0.25, 0.3) is 0 Å². The molecule has 0 saturated carbocycles. The van der Waals surface area contributed by atoms with Crippen molar-refractivity contribution in [2.24, 2.45) is 11.7 Å². The van der Waals surface area contributed by atoms with Gasteiger partial charge in [-0.25, -0.2) is 0 Å². The number of primary amides is 1. The summed E-state index contributed by atoms with van der Waals surface area (Å²) in [4.78, 5) is 28.0. The number of piperidine rings is 1. The molecule has 0 aromatic rings. The van der Waals surface area contributed by atoms with Crippen LogP contribution in [0.5, 0.6) is 0 Å². The maximum absolute atomic E-state index is 12.6. The second-order valence-corrected chi connectivity index (χ2v) is 6.13. The lowest BCUT2D eigenvalue weighted by Crippen LogP contribution is -2.50. The van der Waals surface area contributed by atoms with E-state index >= 15 is 0 Å². The molecule has 5 nitrogen and oxygen atoms in total. The smallest absolute Gasteiger partial charge is 0.239 e. The Bertz CT molecular complexity index is 343. The molecule has 2 saturated heterocycles. The largest absolute Gasteiger partial charge is 0.369 e. The lowest BCUT2D eigenvalue weighted by atomic mass is 9.95. The van der Waals surface area contributed by atoms with Crippen molar-refractivity contribution < 1.29 is 9.59 Å². The zero-order valence-corrected chi connectivity index (χ0v) is 12.5. The molecule has 0 aliphatic carbocycles. The molecular formula is C15H27N3O2. The van der Waals surface area contributed by atoms with Crippen LogP contribution in [-0.2, 0) is 9.59 Å². The van der Waals surface area contributed by atoms with Gasteiger partial charge in [0.2, 0.25) is 11.8 Å². The topological polar surface area (TPSA) is 66.6 Å². The summed E-state index contributed by atoms with van der Waals surface area (Å²) < 4.78 is 0. The average molecular weight is 281 g/mol. The Morgan fingerprint density at radius 1 is 1.00 bits per heavy atom. The fourth-order valence-electron chi connectivity index (χ4n) is 3.28. The van der Waals surface area contributed by atoms with Crippen LogP contribution in [0.2, 0.25) is 0 Å². The third-order valence-electron chi connectivity index (χ3n) is 4.75. The first-order chi connectivity index (χ1) is 9.59. The standard InChI is InChI=1S/C15H27N3O2/c1-12(15(20)18-8-4-2-3-5-9-18)17-10-6-13(7-11-17)14(16)19/h12-13H,2-11H2,1H3,(H2,16,19)/t12-/m1/s1. The summed E-state index contributed by atoms with van der Waals surface area (Å²) >= 11 is 0. The van der Waals surface area contributed by atoms with Gasteiger partial charge in [0.1, 0.15) is 0 Å². The molecule has 2 amide bonds. The lowest BCUT2D eigenvalue weighted by molar-refractivity contribution is -0.137. The molecule has 2 N–H and O–H groups in total. The van der Waals surface area contributed by atoms with E-state index in [0.717, 1.165) is 51.9 Å². The van der Waals surface area contributed by atoms with Crippen LogP contribution in [0.4, 0.5) is 0 Å². The van der Waals surface area contributed by atoms with Crippen molar-refractivity contribution in [2.45, 2.75) is 51.5 Å². The van der Waals surface area contributed by atoms with Gasteiger partial charge in [-0.2, -0.15) is 0 Å². The normalized spacial score (nSPS) is 24.1. The van der Waals surface area contributed by atoms with E-state index in [1.54, 1.807) is 0 Å². The van der Waals surface area contributed by atoms with Crippen molar-refractivity contribution in [1.82, 2.24) is 9.80 Å². The summed E-state index contributed by atoms with van der Waals surface area (Å²) in [5.74, 6) is 0.0484. The van der Waals surface area contributed by atoms with Crippen LogP contribution < -0.4 is 5.73 Å². The number of nitrogens with zero attached hydrogens (tertiary/aromatic N) is 2. The minimum Gasteiger partial charge on any atom is -0.369 e. The van der Waals surface area contributed by atoms with Crippen LogP contribution in [0.1, 0.15) is 45.4 Å². The van der Waals surface area contributed by atoms with E-state index in [1.807, 2.05) is 11.8 Å². The molecule has 1 atom stereocenters. The summed E-state index contributed by atoms with van der Waals surface area (Å²) in [6, 6.07) is -0.0677. The second kappa shape index (κ2) is 7.07. The van der Waals surface area contributed by atoms with Crippen LogP contribution in [0.3, 0.4) is 0 Å². The molecule has 0 unspecified atom stereocenters. The molecule has 2 fully saturated rings. The first kappa shape index (κ1) is 15.3. The van der Waals surface area contributed by atoms with Crippen molar-refractivity contribution in [2.75, 3.05) is 26.2 Å². The molecule has 2 rings (SSSR count). The monoisotopic (exact) mass is 281 g/mol. The van der Waals surface area contributed by atoms with E-state index < -0.39 is 0 Å². The highest BCUT2D eigenvalue weighted by atomic mass is 16.2. The zero-order valence-electron chi connectivity index (χ0n) is 12.5. The fourth-order valence-corrected chi connectivity index (χ4v) is 3.28. The highest BCUT2D eigenvalue weighted by Gasteiger charge is 2.30. The maximum Gasteiger partial charge on any atom is 0.239 e. The number of hydrogen-bond acceptors (Lipinski definition) is 3. The lowest BCUT2D eigenvalue weighted by Gasteiger charge is -2.36. The number of carbonyl (C=O) groups is 2. The maximum atomic E-state index is 12.6. The molecule has 5 heteroatoms. The average Bonchev–Trinajstić information content (AvgIpc) is 2.75. The Kier molecular flexibility index (Phi) is 5.40. The van der Waals surface area contributed by atoms with Gasteiger partial charge in [-0.3, -0.25) is 14.5 Å². The van der Waals surface area contributed by atoms with Crippen LogP contribution >= 0.6 is 0 Å². The first-order valence-corrected chi connectivity index (χ1v) is 7.91. The Morgan fingerprint density at radius 3 is 2.05 bits per heavy atom. The van der Waals surface area contributed by atoms with E-state index in [1.165, 1.54) is 12.8 Å². The molecule has 2 aliphatic heterocycles. The zero-order chi connectivity index (χ0) is 14.5. The molecule has 0 bridgehead atoms. The van der Waals surface area contributed by atoms with Gasteiger partial charge in [-0.15, -0.1) is 0 Å².